The number of hydrogen-bond donors (Lipinski definition) is 5. The molecule has 0 amide bonds. The van der Waals surface area contributed by atoms with Crippen molar-refractivity contribution in [2.75, 3.05) is 36.9 Å². The first-order chi connectivity index (χ1) is 8.77. The van der Waals surface area contributed by atoms with Gasteiger partial charge in [0.2, 0.25) is 0 Å². The number of rotatable bonds is 5. The number of hydrogen-bond acceptors (Lipinski definition) is 6. The minimum absolute atomic E-state index is 0.0643. The number of nitrogens with zero attached hydrogens (tertiary/aromatic N) is 1. The zero-order valence-electron chi connectivity index (χ0n) is 10.2. The highest BCUT2D eigenvalue weighted by Gasteiger charge is 2.04. The van der Waals surface area contributed by atoms with Crippen molar-refractivity contribution in [1.82, 2.24) is 0 Å². The molecule has 0 aliphatic rings. The summed E-state index contributed by atoms with van der Waals surface area (Å²) in [5, 5.41) is 17.7. The fraction of sp³-hybridized carbons (Fsp3) is 0.400. The number of nitrogen functional groups attached to an aromatic ring is 1. The van der Waals surface area contributed by atoms with Crippen LogP contribution in [0.1, 0.15) is 0 Å². The lowest BCUT2D eigenvalue weighted by Crippen LogP contribution is -2.29. The quantitative estimate of drug-likeness (QED) is 0.358. The number of aliphatic hydroxyl groups is 2. The molecule has 0 atom stereocenters. The van der Waals surface area contributed by atoms with Crippen LogP contribution in [0.4, 0.5) is 11.4 Å². The van der Waals surface area contributed by atoms with Gasteiger partial charge in [-0.2, -0.15) is 8.42 Å². The highest BCUT2D eigenvalue weighted by Crippen LogP contribution is 2.16. The van der Waals surface area contributed by atoms with E-state index in [9.17, 15) is 0 Å². The summed E-state index contributed by atoms with van der Waals surface area (Å²) in [6.07, 6.45) is 0. The van der Waals surface area contributed by atoms with Gasteiger partial charge in [0.15, 0.2) is 0 Å². The van der Waals surface area contributed by atoms with Gasteiger partial charge in [-0.1, -0.05) is 6.07 Å². The summed E-state index contributed by atoms with van der Waals surface area (Å²) >= 11 is 0. The van der Waals surface area contributed by atoms with Crippen molar-refractivity contribution >= 4 is 21.8 Å². The highest BCUT2D eigenvalue weighted by atomic mass is 32.3. The smallest absolute Gasteiger partial charge is 0.394 e. The fourth-order valence-electron chi connectivity index (χ4n) is 1.33. The Morgan fingerprint density at radius 2 is 1.58 bits per heavy atom. The number of anilines is 2. The van der Waals surface area contributed by atoms with Crippen molar-refractivity contribution < 1.29 is 27.7 Å². The molecule has 9 heteroatoms. The van der Waals surface area contributed by atoms with Gasteiger partial charge in [-0.25, -0.2) is 0 Å². The van der Waals surface area contributed by atoms with Crippen LogP contribution in [0.3, 0.4) is 0 Å². The second kappa shape index (κ2) is 8.67. The Bertz CT molecular complexity index is 451. The first kappa shape index (κ1) is 17.6. The Balaban J connectivity index is 0.000000555. The molecule has 8 nitrogen and oxygen atoms in total. The molecule has 0 unspecified atom stereocenters. The molecule has 0 radical (unpaired) electrons. The lowest BCUT2D eigenvalue weighted by atomic mass is 10.2. The molecule has 19 heavy (non-hydrogen) atoms. The zero-order valence-corrected chi connectivity index (χ0v) is 11.0. The molecule has 110 valence electrons. The van der Waals surface area contributed by atoms with E-state index in [0.29, 0.717) is 18.8 Å². The van der Waals surface area contributed by atoms with Crippen molar-refractivity contribution in [2.24, 2.45) is 0 Å². The maximum Gasteiger partial charge on any atom is 0.394 e. The topological polar surface area (TPSA) is 144 Å². The fourth-order valence-corrected chi connectivity index (χ4v) is 1.33. The third kappa shape index (κ3) is 10.2. The van der Waals surface area contributed by atoms with Crippen LogP contribution in [-0.4, -0.2) is 54.0 Å². The van der Waals surface area contributed by atoms with Gasteiger partial charge in [-0.05, 0) is 18.2 Å². The summed E-state index contributed by atoms with van der Waals surface area (Å²) in [5.74, 6) is 0. The van der Waals surface area contributed by atoms with Crippen molar-refractivity contribution in [3.8, 4) is 0 Å². The third-order valence-corrected chi connectivity index (χ3v) is 1.98. The van der Waals surface area contributed by atoms with Gasteiger partial charge in [0, 0.05) is 24.5 Å². The molecule has 0 aromatic heterocycles. The zero-order chi connectivity index (χ0) is 14.9. The molecule has 0 saturated heterocycles. The largest absolute Gasteiger partial charge is 0.399 e. The van der Waals surface area contributed by atoms with Gasteiger partial charge in [-0.3, -0.25) is 9.11 Å². The van der Waals surface area contributed by atoms with Crippen LogP contribution in [0.2, 0.25) is 0 Å². The molecule has 1 aromatic rings. The van der Waals surface area contributed by atoms with E-state index in [2.05, 4.69) is 0 Å². The summed E-state index contributed by atoms with van der Waals surface area (Å²) in [6, 6.07) is 7.39. The molecule has 0 aliphatic carbocycles. The lowest BCUT2D eigenvalue weighted by Gasteiger charge is -2.23. The van der Waals surface area contributed by atoms with Gasteiger partial charge < -0.3 is 20.8 Å². The Labute approximate surface area is 111 Å². The molecular weight excluding hydrogens is 276 g/mol. The number of aliphatic hydroxyl groups excluding tert-OH is 2. The molecular formula is C10H18N2O6S. The van der Waals surface area contributed by atoms with Crippen LogP contribution in [0.5, 0.6) is 0 Å². The van der Waals surface area contributed by atoms with Crippen molar-refractivity contribution in [3.05, 3.63) is 24.3 Å². The van der Waals surface area contributed by atoms with Crippen LogP contribution in [0.15, 0.2) is 24.3 Å². The molecule has 0 fully saturated rings. The standard InChI is InChI=1S/C10H16N2O2.H2O4S/c11-9-2-1-3-10(8-9)12(4-6-13)5-7-14;1-5(2,3)4/h1-3,8,13-14H,4-7,11H2;(H2,1,2,3,4). The maximum atomic E-state index is 8.84. The summed E-state index contributed by atoms with van der Waals surface area (Å²) < 4.78 is 31.6. The van der Waals surface area contributed by atoms with Gasteiger partial charge in [0.25, 0.3) is 0 Å². The Kier molecular flexibility index (Phi) is 8.03. The van der Waals surface area contributed by atoms with E-state index < -0.39 is 10.4 Å². The highest BCUT2D eigenvalue weighted by molar-refractivity contribution is 7.79. The van der Waals surface area contributed by atoms with Crippen molar-refractivity contribution in [3.63, 3.8) is 0 Å². The second-order valence-electron chi connectivity index (χ2n) is 3.48. The van der Waals surface area contributed by atoms with Crippen LogP contribution in [-0.2, 0) is 10.4 Å². The predicted octanol–water partition coefficient (Wildman–Crippen LogP) is -0.593. The van der Waals surface area contributed by atoms with Gasteiger partial charge in [-0.15, -0.1) is 0 Å². The van der Waals surface area contributed by atoms with E-state index in [1.165, 1.54) is 0 Å². The average molecular weight is 294 g/mol. The Morgan fingerprint density at radius 1 is 1.11 bits per heavy atom. The van der Waals surface area contributed by atoms with Crippen LogP contribution < -0.4 is 10.6 Å². The predicted molar refractivity (Wildman–Crippen MR) is 71.4 cm³/mol. The summed E-state index contributed by atoms with van der Waals surface area (Å²) in [7, 11) is -4.67. The first-order valence-electron chi connectivity index (χ1n) is 5.30. The number of benzene rings is 1. The molecule has 1 aromatic carbocycles. The molecule has 0 spiro atoms. The molecule has 1 rings (SSSR count). The Hall–Kier alpha value is -1.39. The average Bonchev–Trinajstić information content (AvgIpc) is 2.26. The summed E-state index contributed by atoms with van der Waals surface area (Å²) in [6.45, 7) is 1.14. The molecule has 6 N–H and O–H groups in total. The van der Waals surface area contributed by atoms with E-state index in [1.807, 2.05) is 23.1 Å². The molecule has 0 aliphatic heterocycles. The molecule has 0 bridgehead atoms. The van der Waals surface area contributed by atoms with Crippen molar-refractivity contribution in [2.45, 2.75) is 0 Å². The molecule has 0 saturated carbocycles. The van der Waals surface area contributed by atoms with Crippen molar-refractivity contribution in [1.29, 1.82) is 0 Å². The van der Waals surface area contributed by atoms with Crippen LogP contribution in [0.25, 0.3) is 0 Å². The van der Waals surface area contributed by atoms with Gasteiger partial charge in [0.1, 0.15) is 0 Å². The second-order valence-corrected chi connectivity index (χ2v) is 4.37. The SMILES string of the molecule is Nc1cccc(N(CCO)CCO)c1.O=S(=O)(O)O. The van der Waals surface area contributed by atoms with Gasteiger partial charge >= 0.3 is 10.4 Å². The third-order valence-electron chi connectivity index (χ3n) is 1.98. The van der Waals surface area contributed by atoms with Crippen LogP contribution in [0, 0.1) is 0 Å². The van der Waals surface area contributed by atoms with Gasteiger partial charge in [0.05, 0.1) is 13.2 Å². The van der Waals surface area contributed by atoms with E-state index in [0.717, 1.165) is 5.69 Å². The first-order valence-corrected chi connectivity index (χ1v) is 6.69. The minimum atomic E-state index is -4.67. The number of nitrogens with two attached hydrogens (primary N) is 1. The van der Waals surface area contributed by atoms with E-state index >= 15 is 0 Å². The summed E-state index contributed by atoms with van der Waals surface area (Å²) in [5.41, 5.74) is 7.24. The van der Waals surface area contributed by atoms with E-state index in [1.54, 1.807) is 6.07 Å². The maximum absolute atomic E-state index is 8.84. The minimum Gasteiger partial charge on any atom is -0.399 e. The Morgan fingerprint density at radius 3 is 1.95 bits per heavy atom. The van der Waals surface area contributed by atoms with Crippen LogP contribution >= 0.6 is 0 Å². The van der Waals surface area contributed by atoms with E-state index in [4.69, 9.17) is 33.5 Å². The normalized spacial score (nSPS) is 10.5. The summed E-state index contributed by atoms with van der Waals surface area (Å²) in [4.78, 5) is 1.89. The molecule has 0 heterocycles. The van der Waals surface area contributed by atoms with E-state index in [-0.39, 0.29) is 13.2 Å². The monoisotopic (exact) mass is 294 g/mol. The lowest BCUT2D eigenvalue weighted by molar-refractivity contribution is 0.281.